The number of carbonyl (C=O) groups is 1. The van der Waals surface area contributed by atoms with E-state index in [-0.39, 0.29) is 11.3 Å². The van der Waals surface area contributed by atoms with E-state index in [1.807, 2.05) is 29.2 Å². The number of ether oxygens (including phenoxy) is 1. The van der Waals surface area contributed by atoms with Crippen LogP contribution >= 0.6 is 23.2 Å². The summed E-state index contributed by atoms with van der Waals surface area (Å²) >= 11 is 12.2. The van der Waals surface area contributed by atoms with Crippen LogP contribution in [0.5, 0.6) is 5.75 Å². The number of nitrogens with one attached hydrogen (secondary N) is 1. The molecule has 0 radical (unpaired) electrons. The van der Waals surface area contributed by atoms with Crippen molar-refractivity contribution in [1.29, 1.82) is 0 Å². The summed E-state index contributed by atoms with van der Waals surface area (Å²) < 4.78 is 5.66. The van der Waals surface area contributed by atoms with Gasteiger partial charge in [0, 0.05) is 35.6 Å². The van der Waals surface area contributed by atoms with E-state index < -0.39 is 0 Å². The van der Waals surface area contributed by atoms with Crippen molar-refractivity contribution in [2.24, 2.45) is 5.41 Å². The van der Waals surface area contributed by atoms with Crippen LogP contribution in [-0.4, -0.2) is 44.1 Å². The molecule has 2 aliphatic rings. The van der Waals surface area contributed by atoms with Crippen molar-refractivity contribution in [3.05, 3.63) is 63.6 Å². The van der Waals surface area contributed by atoms with E-state index in [1.54, 1.807) is 13.2 Å². The quantitative estimate of drug-likeness (QED) is 0.723. The smallest absolute Gasteiger partial charge is 0.226 e. The van der Waals surface area contributed by atoms with Crippen molar-refractivity contribution in [2.75, 3.05) is 33.3 Å². The number of piperidine rings is 2. The molecular weight excluding hydrogens is 419 g/mol. The molecule has 1 spiro atoms. The van der Waals surface area contributed by atoms with Crippen molar-refractivity contribution < 1.29 is 9.53 Å². The number of halogens is 2. The molecule has 2 saturated heterocycles. The van der Waals surface area contributed by atoms with Gasteiger partial charge in [-0.1, -0.05) is 41.4 Å². The summed E-state index contributed by atoms with van der Waals surface area (Å²) in [4.78, 5) is 14.9. The van der Waals surface area contributed by atoms with E-state index in [0.29, 0.717) is 22.4 Å². The molecule has 2 heterocycles. The predicted octanol–water partition coefficient (Wildman–Crippen LogP) is 4.93. The molecule has 6 heteroatoms. The Morgan fingerprint density at radius 2 is 1.83 bits per heavy atom. The van der Waals surface area contributed by atoms with Gasteiger partial charge in [0.1, 0.15) is 5.75 Å². The number of methoxy groups -OCH3 is 1. The molecule has 0 saturated carbocycles. The molecule has 2 aromatic carbocycles. The van der Waals surface area contributed by atoms with Crippen LogP contribution in [-0.2, 0) is 11.2 Å². The Kier molecular flexibility index (Phi) is 6.57. The van der Waals surface area contributed by atoms with Gasteiger partial charge in [0.15, 0.2) is 0 Å². The van der Waals surface area contributed by atoms with Crippen molar-refractivity contribution >= 4 is 29.1 Å². The topological polar surface area (TPSA) is 41.6 Å². The summed E-state index contributed by atoms with van der Waals surface area (Å²) in [5, 5.41) is 4.71. The van der Waals surface area contributed by atoms with Gasteiger partial charge >= 0.3 is 0 Å². The van der Waals surface area contributed by atoms with Gasteiger partial charge in [0.2, 0.25) is 5.91 Å². The van der Waals surface area contributed by atoms with Gasteiger partial charge in [-0.25, -0.2) is 0 Å². The molecule has 2 aromatic rings. The standard InChI is InChI=1S/C24H28Cl2N2O2/c1-30-22-5-3-2-4-20(22)21-16-27-9-6-24(21)7-10-28(11-8-24)23(29)14-17-12-18(25)15-19(26)13-17/h2-5,12-13,15,21,27H,6-11,14,16H2,1H3. The fourth-order valence-electron chi connectivity index (χ4n) is 5.17. The predicted molar refractivity (Wildman–Crippen MR) is 122 cm³/mol. The van der Waals surface area contributed by atoms with Crippen molar-refractivity contribution in [3.63, 3.8) is 0 Å². The lowest BCUT2D eigenvalue weighted by Gasteiger charge is -2.50. The maximum absolute atomic E-state index is 12.9. The zero-order valence-electron chi connectivity index (χ0n) is 17.3. The van der Waals surface area contributed by atoms with Gasteiger partial charge in [-0.2, -0.15) is 0 Å². The van der Waals surface area contributed by atoms with Crippen LogP contribution in [0.1, 0.15) is 36.3 Å². The Hall–Kier alpha value is -1.75. The highest BCUT2D eigenvalue weighted by atomic mass is 35.5. The minimum atomic E-state index is 0.144. The van der Waals surface area contributed by atoms with E-state index in [2.05, 4.69) is 17.4 Å². The second-order valence-electron chi connectivity index (χ2n) is 8.45. The summed E-state index contributed by atoms with van der Waals surface area (Å²) in [6, 6.07) is 13.7. The van der Waals surface area contributed by atoms with Crippen molar-refractivity contribution in [1.82, 2.24) is 10.2 Å². The van der Waals surface area contributed by atoms with E-state index in [4.69, 9.17) is 27.9 Å². The molecule has 2 aliphatic heterocycles. The second-order valence-corrected chi connectivity index (χ2v) is 9.32. The minimum Gasteiger partial charge on any atom is -0.496 e. The second kappa shape index (κ2) is 9.17. The largest absolute Gasteiger partial charge is 0.496 e. The highest BCUT2D eigenvalue weighted by Gasteiger charge is 2.45. The van der Waals surface area contributed by atoms with Gasteiger partial charge in [-0.15, -0.1) is 0 Å². The van der Waals surface area contributed by atoms with E-state index in [9.17, 15) is 4.79 Å². The molecule has 0 aliphatic carbocycles. The molecule has 30 heavy (non-hydrogen) atoms. The molecular formula is C24H28Cl2N2O2. The molecule has 4 rings (SSSR count). The molecule has 160 valence electrons. The van der Waals surface area contributed by atoms with Gasteiger partial charge < -0.3 is 15.0 Å². The lowest BCUT2D eigenvalue weighted by atomic mass is 9.62. The number of likely N-dealkylation sites (tertiary alicyclic amines) is 1. The van der Waals surface area contributed by atoms with E-state index in [0.717, 1.165) is 56.8 Å². The van der Waals surface area contributed by atoms with E-state index in [1.165, 1.54) is 5.56 Å². The number of nitrogens with zero attached hydrogens (tertiary/aromatic N) is 1. The molecule has 1 unspecified atom stereocenters. The maximum Gasteiger partial charge on any atom is 0.226 e. The molecule has 4 nitrogen and oxygen atoms in total. The van der Waals surface area contributed by atoms with Crippen LogP contribution in [0.3, 0.4) is 0 Å². The molecule has 0 aromatic heterocycles. The summed E-state index contributed by atoms with van der Waals surface area (Å²) in [7, 11) is 1.74. The van der Waals surface area contributed by atoms with Crippen LogP contribution in [0.25, 0.3) is 0 Å². The van der Waals surface area contributed by atoms with Gasteiger partial charge in [-0.3, -0.25) is 4.79 Å². The van der Waals surface area contributed by atoms with Crippen LogP contribution in [0.2, 0.25) is 10.0 Å². The molecule has 0 bridgehead atoms. The Balaban J connectivity index is 1.47. The summed E-state index contributed by atoms with van der Waals surface area (Å²) in [6.07, 6.45) is 3.49. The average Bonchev–Trinajstić information content (AvgIpc) is 2.74. The summed E-state index contributed by atoms with van der Waals surface area (Å²) in [5.41, 5.74) is 2.35. The average molecular weight is 447 g/mol. The van der Waals surface area contributed by atoms with Crippen LogP contribution in [0.15, 0.2) is 42.5 Å². The monoisotopic (exact) mass is 446 g/mol. The highest BCUT2D eigenvalue weighted by molar-refractivity contribution is 6.34. The first-order valence-corrected chi connectivity index (χ1v) is 11.3. The van der Waals surface area contributed by atoms with Crippen molar-refractivity contribution in [3.8, 4) is 5.75 Å². The Labute approximate surface area is 188 Å². The van der Waals surface area contributed by atoms with Gasteiger partial charge in [-0.05, 0) is 66.6 Å². The van der Waals surface area contributed by atoms with Crippen LogP contribution in [0, 0.1) is 5.41 Å². The molecule has 1 amide bonds. The van der Waals surface area contributed by atoms with Crippen LogP contribution in [0.4, 0.5) is 0 Å². The van der Waals surface area contributed by atoms with Crippen molar-refractivity contribution in [2.45, 2.75) is 31.6 Å². The first kappa shape index (κ1) is 21.5. The zero-order chi connectivity index (χ0) is 21.1. The van der Waals surface area contributed by atoms with Gasteiger partial charge in [0.25, 0.3) is 0 Å². The Bertz CT molecular complexity index is 890. The maximum atomic E-state index is 12.9. The summed E-state index contributed by atoms with van der Waals surface area (Å²) in [5.74, 6) is 1.50. The number of hydrogen-bond donors (Lipinski definition) is 1. The number of rotatable bonds is 4. The third-order valence-electron chi connectivity index (χ3n) is 6.79. The lowest BCUT2D eigenvalue weighted by molar-refractivity contribution is -0.133. The first-order valence-electron chi connectivity index (χ1n) is 10.6. The van der Waals surface area contributed by atoms with Crippen LogP contribution < -0.4 is 10.1 Å². The number of amides is 1. The molecule has 2 fully saturated rings. The lowest BCUT2D eigenvalue weighted by Crippen LogP contribution is -2.51. The highest BCUT2D eigenvalue weighted by Crippen LogP contribution is 2.50. The summed E-state index contributed by atoms with van der Waals surface area (Å²) in [6.45, 7) is 3.56. The number of carbonyl (C=O) groups excluding carboxylic acids is 1. The number of benzene rings is 2. The number of para-hydroxylation sites is 1. The normalized spacial score (nSPS) is 20.9. The fraction of sp³-hybridized carbons (Fsp3) is 0.458. The molecule has 1 N–H and O–H groups in total. The van der Waals surface area contributed by atoms with Gasteiger partial charge in [0.05, 0.1) is 13.5 Å². The first-order chi connectivity index (χ1) is 14.5. The Morgan fingerprint density at radius 1 is 1.13 bits per heavy atom. The SMILES string of the molecule is COc1ccccc1C1CNCCC12CCN(C(=O)Cc1cc(Cl)cc(Cl)c1)CC2. The van der Waals surface area contributed by atoms with E-state index >= 15 is 0 Å². The fourth-order valence-corrected chi connectivity index (χ4v) is 5.74. The minimum absolute atomic E-state index is 0.144. The molecule has 1 atom stereocenters. The third kappa shape index (κ3) is 4.46. The zero-order valence-corrected chi connectivity index (χ0v) is 18.8. The number of hydrogen-bond acceptors (Lipinski definition) is 3. The Morgan fingerprint density at radius 3 is 2.53 bits per heavy atom. The third-order valence-corrected chi connectivity index (χ3v) is 7.23.